The molecule has 39 heavy (non-hydrogen) atoms. The SMILES string of the molecule is CCN(CC)c1nc(N2CCCN(c3nc(N(CC)CC)c4cc(Cl)ccc4n3)CC2)nc2ccc(Cl)cc12. The lowest BCUT2D eigenvalue weighted by Gasteiger charge is -2.27. The molecular weight excluding hydrogens is 531 g/mol. The van der Waals surface area contributed by atoms with Crippen LogP contribution in [0, 0.1) is 0 Å². The molecule has 0 unspecified atom stereocenters. The quantitative estimate of drug-likeness (QED) is 0.246. The fourth-order valence-corrected chi connectivity index (χ4v) is 5.62. The van der Waals surface area contributed by atoms with Crippen molar-refractivity contribution in [3.8, 4) is 0 Å². The van der Waals surface area contributed by atoms with Gasteiger partial charge in [0.15, 0.2) is 0 Å². The average Bonchev–Trinajstić information content (AvgIpc) is 3.21. The van der Waals surface area contributed by atoms with Gasteiger partial charge >= 0.3 is 0 Å². The van der Waals surface area contributed by atoms with Crippen LogP contribution in [0.5, 0.6) is 0 Å². The van der Waals surface area contributed by atoms with Crippen LogP contribution < -0.4 is 19.6 Å². The second kappa shape index (κ2) is 12.0. The Morgan fingerprint density at radius 3 is 1.41 bits per heavy atom. The maximum atomic E-state index is 6.35. The molecule has 0 atom stereocenters. The van der Waals surface area contributed by atoms with E-state index in [1.54, 1.807) is 0 Å². The number of aromatic nitrogens is 4. The Labute approximate surface area is 240 Å². The van der Waals surface area contributed by atoms with E-state index in [1.807, 2.05) is 36.4 Å². The standard InChI is InChI=1S/C29H36Cl2N8/c1-5-36(6-2)26-22-18-20(30)10-12-24(22)32-28(34-26)38-14-9-15-39(17-16-38)29-33-25-13-11-21(31)19-23(25)27(35-29)37(7-3)8-4/h10-13,18-19H,5-9,14-17H2,1-4H3. The molecule has 3 heterocycles. The molecule has 4 aromatic rings. The smallest absolute Gasteiger partial charge is 0.227 e. The number of fused-ring (bicyclic) bond motifs is 2. The summed E-state index contributed by atoms with van der Waals surface area (Å²) in [6.45, 7) is 15.3. The minimum absolute atomic E-state index is 0.694. The minimum atomic E-state index is 0.694. The third-order valence-electron chi connectivity index (χ3n) is 7.44. The van der Waals surface area contributed by atoms with E-state index in [0.717, 1.165) is 104 Å². The maximum Gasteiger partial charge on any atom is 0.227 e. The number of anilines is 4. The first-order chi connectivity index (χ1) is 18.9. The van der Waals surface area contributed by atoms with Crippen LogP contribution in [-0.2, 0) is 0 Å². The monoisotopic (exact) mass is 566 g/mol. The molecule has 8 nitrogen and oxygen atoms in total. The van der Waals surface area contributed by atoms with E-state index in [4.69, 9.17) is 43.1 Å². The fourth-order valence-electron chi connectivity index (χ4n) is 5.27. The van der Waals surface area contributed by atoms with Crippen LogP contribution in [0.3, 0.4) is 0 Å². The van der Waals surface area contributed by atoms with Crippen molar-refractivity contribution in [2.45, 2.75) is 34.1 Å². The largest absolute Gasteiger partial charge is 0.356 e. The molecule has 1 fully saturated rings. The number of rotatable bonds is 8. The van der Waals surface area contributed by atoms with Crippen molar-refractivity contribution in [1.29, 1.82) is 0 Å². The topological polar surface area (TPSA) is 64.5 Å². The van der Waals surface area contributed by atoms with Crippen LogP contribution in [-0.4, -0.2) is 72.3 Å². The van der Waals surface area contributed by atoms with Crippen LogP contribution in [0.4, 0.5) is 23.5 Å². The minimum Gasteiger partial charge on any atom is -0.356 e. The van der Waals surface area contributed by atoms with Gasteiger partial charge in [-0.05, 0) is 70.5 Å². The van der Waals surface area contributed by atoms with E-state index in [-0.39, 0.29) is 0 Å². The summed E-state index contributed by atoms with van der Waals surface area (Å²) in [4.78, 5) is 29.2. The molecule has 0 radical (unpaired) electrons. The fraction of sp³-hybridized carbons (Fsp3) is 0.448. The van der Waals surface area contributed by atoms with Crippen LogP contribution >= 0.6 is 23.2 Å². The van der Waals surface area contributed by atoms with E-state index >= 15 is 0 Å². The van der Waals surface area contributed by atoms with Gasteiger partial charge in [-0.25, -0.2) is 9.97 Å². The van der Waals surface area contributed by atoms with Gasteiger partial charge in [0, 0.05) is 73.2 Å². The Balaban J connectivity index is 1.47. The molecule has 1 saturated heterocycles. The first-order valence-corrected chi connectivity index (χ1v) is 14.7. The zero-order valence-electron chi connectivity index (χ0n) is 23.2. The molecule has 5 rings (SSSR count). The first kappa shape index (κ1) is 27.5. The molecule has 0 N–H and O–H groups in total. The molecule has 0 saturated carbocycles. The normalized spacial score (nSPS) is 14.2. The van der Waals surface area contributed by atoms with Crippen LogP contribution in [0.15, 0.2) is 36.4 Å². The first-order valence-electron chi connectivity index (χ1n) is 13.9. The molecule has 0 bridgehead atoms. The second-order valence-electron chi connectivity index (χ2n) is 9.69. The summed E-state index contributed by atoms with van der Waals surface area (Å²) in [6.07, 6.45) is 0.950. The molecule has 2 aromatic carbocycles. The third kappa shape index (κ3) is 5.63. The van der Waals surface area contributed by atoms with Gasteiger partial charge in [0.2, 0.25) is 11.9 Å². The van der Waals surface area contributed by atoms with Crippen molar-refractivity contribution in [2.75, 3.05) is 72.0 Å². The predicted molar refractivity (Wildman–Crippen MR) is 165 cm³/mol. The van der Waals surface area contributed by atoms with Gasteiger partial charge in [0.05, 0.1) is 11.0 Å². The van der Waals surface area contributed by atoms with Crippen molar-refractivity contribution in [3.63, 3.8) is 0 Å². The van der Waals surface area contributed by atoms with Gasteiger partial charge in [-0.2, -0.15) is 9.97 Å². The predicted octanol–water partition coefficient (Wildman–Crippen LogP) is 6.29. The summed E-state index contributed by atoms with van der Waals surface area (Å²) in [5.41, 5.74) is 1.82. The van der Waals surface area contributed by atoms with Gasteiger partial charge in [0.25, 0.3) is 0 Å². The highest BCUT2D eigenvalue weighted by atomic mass is 35.5. The van der Waals surface area contributed by atoms with Gasteiger partial charge in [-0.1, -0.05) is 23.2 Å². The Hall–Kier alpha value is -3.10. The van der Waals surface area contributed by atoms with Gasteiger partial charge < -0.3 is 19.6 Å². The zero-order valence-corrected chi connectivity index (χ0v) is 24.7. The van der Waals surface area contributed by atoms with E-state index in [1.165, 1.54) is 0 Å². The summed E-state index contributed by atoms with van der Waals surface area (Å²) < 4.78 is 0. The van der Waals surface area contributed by atoms with Crippen molar-refractivity contribution in [2.24, 2.45) is 0 Å². The third-order valence-corrected chi connectivity index (χ3v) is 7.91. The van der Waals surface area contributed by atoms with E-state index in [9.17, 15) is 0 Å². The highest BCUT2D eigenvalue weighted by molar-refractivity contribution is 6.31. The van der Waals surface area contributed by atoms with Gasteiger partial charge in [0.1, 0.15) is 11.6 Å². The van der Waals surface area contributed by atoms with Gasteiger partial charge in [-0.3, -0.25) is 0 Å². The lowest BCUT2D eigenvalue weighted by Crippen LogP contribution is -2.33. The molecule has 206 valence electrons. The Bertz CT molecular complexity index is 1350. The number of hydrogen-bond acceptors (Lipinski definition) is 8. The summed E-state index contributed by atoms with van der Waals surface area (Å²) in [5, 5.41) is 3.36. The van der Waals surface area contributed by atoms with Crippen molar-refractivity contribution in [1.82, 2.24) is 19.9 Å². The average molecular weight is 568 g/mol. The molecule has 2 aromatic heterocycles. The Morgan fingerprint density at radius 2 is 1.03 bits per heavy atom. The number of nitrogens with zero attached hydrogens (tertiary/aromatic N) is 8. The number of halogens is 2. The maximum absolute atomic E-state index is 6.35. The molecule has 1 aliphatic heterocycles. The van der Waals surface area contributed by atoms with E-state index < -0.39 is 0 Å². The van der Waals surface area contributed by atoms with Gasteiger partial charge in [-0.15, -0.1) is 0 Å². The van der Waals surface area contributed by atoms with Crippen molar-refractivity contribution in [3.05, 3.63) is 46.4 Å². The lowest BCUT2D eigenvalue weighted by atomic mass is 10.2. The van der Waals surface area contributed by atoms with Crippen molar-refractivity contribution < 1.29 is 0 Å². The Morgan fingerprint density at radius 1 is 0.615 bits per heavy atom. The summed E-state index contributed by atoms with van der Waals surface area (Å²) >= 11 is 12.7. The summed E-state index contributed by atoms with van der Waals surface area (Å²) in [7, 11) is 0. The zero-order chi connectivity index (χ0) is 27.5. The van der Waals surface area contributed by atoms with Crippen LogP contribution in [0.25, 0.3) is 21.8 Å². The van der Waals surface area contributed by atoms with E-state index in [0.29, 0.717) is 10.0 Å². The van der Waals surface area contributed by atoms with Crippen molar-refractivity contribution >= 4 is 68.5 Å². The summed E-state index contributed by atoms with van der Waals surface area (Å²) in [5.74, 6) is 3.38. The molecule has 0 aliphatic carbocycles. The molecule has 0 amide bonds. The molecule has 1 aliphatic rings. The molecule has 10 heteroatoms. The Kier molecular flexibility index (Phi) is 8.43. The lowest BCUT2D eigenvalue weighted by molar-refractivity contribution is 0.775. The van der Waals surface area contributed by atoms with Crippen LogP contribution in [0.2, 0.25) is 10.0 Å². The van der Waals surface area contributed by atoms with E-state index in [2.05, 4.69) is 47.3 Å². The highest BCUT2D eigenvalue weighted by Gasteiger charge is 2.23. The molecule has 0 spiro atoms. The summed E-state index contributed by atoms with van der Waals surface area (Å²) in [6, 6.07) is 11.7. The second-order valence-corrected chi connectivity index (χ2v) is 10.6. The number of benzene rings is 2. The number of hydrogen-bond donors (Lipinski definition) is 0. The molecular formula is C29H36Cl2N8. The highest BCUT2D eigenvalue weighted by Crippen LogP contribution is 2.31. The van der Waals surface area contributed by atoms with Crippen LogP contribution in [0.1, 0.15) is 34.1 Å².